The number of nitriles is 1. The fourth-order valence-electron chi connectivity index (χ4n) is 2.93. The normalized spacial score (nSPS) is 10.9. The summed E-state index contributed by atoms with van der Waals surface area (Å²) in [6.45, 7) is 1.99. The fraction of sp³-hybridized carbons (Fsp3) is 0.105. The summed E-state index contributed by atoms with van der Waals surface area (Å²) >= 11 is 6.47. The van der Waals surface area contributed by atoms with Crippen molar-refractivity contribution in [1.29, 1.82) is 5.26 Å². The zero-order valence-electron chi connectivity index (χ0n) is 14.6. The van der Waals surface area contributed by atoms with Crippen molar-refractivity contribution in [2.24, 2.45) is 7.05 Å². The molecule has 0 bridgehead atoms. The van der Waals surface area contributed by atoms with E-state index in [9.17, 15) is 5.26 Å². The van der Waals surface area contributed by atoms with Crippen LogP contribution in [0.1, 0.15) is 11.3 Å². The molecule has 0 aliphatic carbocycles. The maximum Gasteiger partial charge on any atom is 0.183 e. The van der Waals surface area contributed by atoms with Crippen LogP contribution in [0.3, 0.4) is 0 Å². The second kappa shape index (κ2) is 6.34. The number of aromatic nitrogens is 5. The zero-order chi connectivity index (χ0) is 19.1. The number of hydrogen-bond donors (Lipinski definition) is 1. The molecule has 0 atom stereocenters. The second-order valence-electron chi connectivity index (χ2n) is 6.12. The van der Waals surface area contributed by atoms with E-state index < -0.39 is 0 Å². The maximum atomic E-state index is 9.34. The molecule has 2 N–H and O–H groups in total. The molecule has 0 spiro atoms. The van der Waals surface area contributed by atoms with Gasteiger partial charge >= 0.3 is 0 Å². The molecule has 3 heterocycles. The third-order valence-electron chi connectivity index (χ3n) is 4.27. The highest BCUT2D eigenvalue weighted by Crippen LogP contribution is 2.35. The number of hydrogen-bond acceptors (Lipinski definition) is 6. The average molecular weight is 376 g/mol. The van der Waals surface area contributed by atoms with Crippen molar-refractivity contribution in [1.82, 2.24) is 24.7 Å². The molecule has 0 saturated heterocycles. The highest BCUT2D eigenvalue weighted by atomic mass is 35.5. The second-order valence-corrected chi connectivity index (χ2v) is 6.53. The van der Waals surface area contributed by atoms with Crippen LogP contribution in [-0.4, -0.2) is 24.7 Å². The van der Waals surface area contributed by atoms with E-state index in [1.807, 2.05) is 38.2 Å². The first-order valence-corrected chi connectivity index (χ1v) is 8.48. The van der Waals surface area contributed by atoms with Crippen LogP contribution in [0.15, 0.2) is 36.7 Å². The minimum Gasteiger partial charge on any atom is -0.381 e. The highest BCUT2D eigenvalue weighted by Gasteiger charge is 2.19. The molecule has 8 heteroatoms. The van der Waals surface area contributed by atoms with Crippen molar-refractivity contribution in [3.8, 4) is 28.7 Å². The molecule has 3 aromatic heterocycles. The molecule has 1 aromatic carbocycles. The minimum atomic E-state index is 0.0591. The monoisotopic (exact) mass is 375 g/mol. The number of rotatable bonds is 2. The lowest BCUT2D eigenvalue weighted by molar-refractivity contribution is 0.770. The van der Waals surface area contributed by atoms with E-state index in [4.69, 9.17) is 17.3 Å². The van der Waals surface area contributed by atoms with Crippen LogP contribution < -0.4 is 5.73 Å². The van der Waals surface area contributed by atoms with E-state index in [1.165, 1.54) is 0 Å². The maximum absolute atomic E-state index is 9.34. The van der Waals surface area contributed by atoms with E-state index >= 15 is 0 Å². The van der Waals surface area contributed by atoms with Crippen molar-refractivity contribution < 1.29 is 0 Å². The van der Waals surface area contributed by atoms with Crippen molar-refractivity contribution in [2.45, 2.75) is 6.92 Å². The number of anilines is 1. The smallest absolute Gasteiger partial charge is 0.183 e. The highest BCUT2D eigenvalue weighted by molar-refractivity contribution is 6.35. The van der Waals surface area contributed by atoms with Gasteiger partial charge in [0.15, 0.2) is 11.5 Å². The van der Waals surface area contributed by atoms with E-state index in [1.54, 1.807) is 23.1 Å². The number of nitrogens with two attached hydrogens (primary N) is 1. The first-order chi connectivity index (χ1) is 13.0. The number of fused-ring (bicyclic) bond motifs is 1. The molecule has 0 aliphatic rings. The largest absolute Gasteiger partial charge is 0.381 e. The van der Waals surface area contributed by atoms with Gasteiger partial charge in [0.2, 0.25) is 0 Å². The first-order valence-electron chi connectivity index (χ1n) is 8.11. The van der Waals surface area contributed by atoms with Crippen LogP contribution >= 0.6 is 11.6 Å². The van der Waals surface area contributed by atoms with Crippen LogP contribution in [0.25, 0.3) is 33.5 Å². The number of benzene rings is 1. The van der Waals surface area contributed by atoms with Crippen LogP contribution in [-0.2, 0) is 7.05 Å². The predicted octanol–water partition coefficient (Wildman–Crippen LogP) is 3.51. The molecular weight excluding hydrogens is 362 g/mol. The number of pyridine rings is 1. The van der Waals surface area contributed by atoms with Crippen molar-refractivity contribution in [2.75, 3.05) is 5.73 Å². The van der Waals surface area contributed by atoms with Crippen LogP contribution in [0.2, 0.25) is 5.02 Å². The van der Waals surface area contributed by atoms with Gasteiger partial charge in [-0.2, -0.15) is 10.4 Å². The van der Waals surface area contributed by atoms with Gasteiger partial charge in [-0.25, -0.2) is 9.97 Å². The summed E-state index contributed by atoms with van der Waals surface area (Å²) in [5.41, 5.74) is 10.0. The summed E-state index contributed by atoms with van der Waals surface area (Å²) in [6.07, 6.45) is 3.52. The molecule has 7 nitrogen and oxygen atoms in total. The van der Waals surface area contributed by atoms with Crippen molar-refractivity contribution >= 4 is 28.3 Å². The van der Waals surface area contributed by atoms with Gasteiger partial charge in [-0.1, -0.05) is 11.6 Å². The lowest BCUT2D eigenvalue weighted by Gasteiger charge is -2.11. The van der Waals surface area contributed by atoms with Crippen LogP contribution in [0.4, 0.5) is 5.82 Å². The van der Waals surface area contributed by atoms with Gasteiger partial charge < -0.3 is 5.73 Å². The Balaban J connectivity index is 2.05. The molecule has 27 heavy (non-hydrogen) atoms. The van der Waals surface area contributed by atoms with Crippen LogP contribution in [0.5, 0.6) is 0 Å². The lowest BCUT2D eigenvalue weighted by atomic mass is 10.0. The Hall–Kier alpha value is -3.50. The Morgan fingerprint density at radius 3 is 2.70 bits per heavy atom. The first kappa shape index (κ1) is 16.9. The molecule has 0 amide bonds. The third-order valence-corrected chi connectivity index (χ3v) is 4.56. The number of nitrogens with zero attached hydrogens (tertiary/aromatic N) is 6. The Labute approximate surface area is 160 Å². The number of halogens is 1. The van der Waals surface area contributed by atoms with Crippen LogP contribution in [0, 0.1) is 18.3 Å². The van der Waals surface area contributed by atoms with Gasteiger partial charge in [0.25, 0.3) is 0 Å². The standard InChI is InChI=1S/C19H14ClN7/c1-10-3-5-23-17-12(10)7-11(8-13(17)20)16-18(14-4-6-27(2)26-14)25-19(22)15(9-21)24-16/h3-8H,1-2H3,(H2,22,25). The van der Waals surface area contributed by atoms with E-state index in [2.05, 4.69) is 20.1 Å². The van der Waals surface area contributed by atoms with Gasteiger partial charge in [0.1, 0.15) is 23.2 Å². The molecule has 0 unspecified atom stereocenters. The Morgan fingerprint density at radius 2 is 2.00 bits per heavy atom. The van der Waals surface area contributed by atoms with Gasteiger partial charge in [0, 0.05) is 30.4 Å². The SMILES string of the molecule is Cc1ccnc2c(Cl)cc(-c3nc(C#N)c(N)nc3-c3ccn(C)n3)cc12. The summed E-state index contributed by atoms with van der Waals surface area (Å²) in [4.78, 5) is 13.2. The quantitative estimate of drug-likeness (QED) is 0.574. The summed E-state index contributed by atoms with van der Waals surface area (Å²) in [7, 11) is 1.81. The van der Waals surface area contributed by atoms with Crippen molar-refractivity contribution in [3.63, 3.8) is 0 Å². The molecule has 0 fully saturated rings. The topological polar surface area (TPSA) is 106 Å². The molecular formula is C19H14ClN7. The summed E-state index contributed by atoms with van der Waals surface area (Å²) in [5, 5.41) is 15.1. The van der Waals surface area contributed by atoms with E-state index in [-0.39, 0.29) is 11.5 Å². The minimum absolute atomic E-state index is 0.0591. The molecule has 132 valence electrons. The zero-order valence-corrected chi connectivity index (χ0v) is 15.4. The van der Waals surface area contributed by atoms with Crippen molar-refractivity contribution in [3.05, 3.63) is 52.9 Å². The van der Waals surface area contributed by atoms with Gasteiger partial charge in [-0.05, 0) is 36.8 Å². The molecule has 4 aromatic rings. The number of nitrogen functional groups attached to an aromatic ring is 1. The number of aryl methyl sites for hydroxylation is 2. The van der Waals surface area contributed by atoms with Gasteiger partial charge in [-0.3, -0.25) is 9.67 Å². The molecule has 0 radical (unpaired) electrons. The van der Waals surface area contributed by atoms with Gasteiger partial charge in [0.05, 0.1) is 10.5 Å². The molecule has 4 rings (SSSR count). The fourth-order valence-corrected chi connectivity index (χ4v) is 3.20. The predicted molar refractivity (Wildman–Crippen MR) is 104 cm³/mol. The Morgan fingerprint density at radius 1 is 1.19 bits per heavy atom. The average Bonchev–Trinajstić information content (AvgIpc) is 3.08. The molecule has 0 saturated carbocycles. The molecule has 0 aliphatic heterocycles. The summed E-state index contributed by atoms with van der Waals surface area (Å²) in [6, 6.07) is 9.42. The Kier molecular flexibility index (Phi) is 3.98. The summed E-state index contributed by atoms with van der Waals surface area (Å²) < 4.78 is 1.66. The summed E-state index contributed by atoms with van der Waals surface area (Å²) in [5.74, 6) is 0.0617. The van der Waals surface area contributed by atoms with Gasteiger partial charge in [-0.15, -0.1) is 0 Å². The Bertz CT molecular complexity index is 1240. The lowest BCUT2D eigenvalue weighted by Crippen LogP contribution is -2.04. The van der Waals surface area contributed by atoms with E-state index in [0.717, 1.165) is 10.9 Å². The van der Waals surface area contributed by atoms with E-state index in [0.29, 0.717) is 33.2 Å². The third kappa shape index (κ3) is 2.86.